The Morgan fingerprint density at radius 2 is 2.05 bits per heavy atom. The molecule has 0 aliphatic rings. The number of halogens is 2. The smallest absolute Gasteiger partial charge is 0.283 e. The van der Waals surface area contributed by atoms with E-state index in [-0.39, 0.29) is 21.6 Å². The first-order valence-corrected chi connectivity index (χ1v) is 5.96. The second-order valence-electron chi connectivity index (χ2n) is 3.57. The summed E-state index contributed by atoms with van der Waals surface area (Å²) in [5, 5.41) is 13.4. The summed E-state index contributed by atoms with van der Waals surface area (Å²) in [7, 11) is 0. The minimum Gasteiger partial charge on any atom is -0.306 e. The Labute approximate surface area is 122 Å². The van der Waals surface area contributed by atoms with Gasteiger partial charge in [0.25, 0.3) is 11.6 Å². The highest BCUT2D eigenvalue weighted by atomic mass is 35.5. The molecule has 0 atom stereocenters. The number of nitro benzene ring substituents is 1. The molecule has 7 nitrogen and oxygen atoms in total. The summed E-state index contributed by atoms with van der Waals surface area (Å²) in [5.41, 5.74) is -0.635. The van der Waals surface area contributed by atoms with Crippen LogP contribution in [0.15, 0.2) is 30.6 Å². The summed E-state index contributed by atoms with van der Waals surface area (Å²) >= 11 is 11.5. The van der Waals surface area contributed by atoms with Gasteiger partial charge < -0.3 is 5.32 Å². The highest BCUT2D eigenvalue weighted by molar-refractivity contribution is 6.35. The van der Waals surface area contributed by atoms with Gasteiger partial charge in [-0.25, -0.2) is 9.97 Å². The number of aromatic nitrogens is 2. The number of nitro groups is 1. The standard InChI is InChI=1S/C11H6Cl2N4O3/c12-6-2-1-3-7(17(19)20)10(6)11(18)16-9-4-8(13)14-5-15-9/h1-5H,(H,14,15,16,18). The van der Waals surface area contributed by atoms with E-state index in [4.69, 9.17) is 23.2 Å². The van der Waals surface area contributed by atoms with Crippen LogP contribution in [-0.2, 0) is 0 Å². The van der Waals surface area contributed by atoms with E-state index in [0.717, 1.165) is 6.33 Å². The van der Waals surface area contributed by atoms with Crippen LogP contribution in [0, 0.1) is 10.1 Å². The highest BCUT2D eigenvalue weighted by Crippen LogP contribution is 2.27. The zero-order valence-corrected chi connectivity index (χ0v) is 11.2. The van der Waals surface area contributed by atoms with Crippen molar-refractivity contribution in [2.75, 3.05) is 5.32 Å². The Hall–Kier alpha value is -2.25. The van der Waals surface area contributed by atoms with Gasteiger partial charge in [0.05, 0.1) is 9.95 Å². The molecule has 0 saturated carbocycles. The SMILES string of the molecule is O=C(Nc1cc(Cl)ncn1)c1c(Cl)cccc1[N+](=O)[O-]. The number of carbonyl (C=O) groups excluding carboxylic acids is 1. The highest BCUT2D eigenvalue weighted by Gasteiger charge is 2.23. The third kappa shape index (κ3) is 3.01. The summed E-state index contributed by atoms with van der Waals surface area (Å²) in [6.07, 6.45) is 1.15. The fourth-order valence-electron chi connectivity index (χ4n) is 1.47. The van der Waals surface area contributed by atoms with Gasteiger partial charge in [-0.15, -0.1) is 0 Å². The molecule has 0 radical (unpaired) electrons. The van der Waals surface area contributed by atoms with Crippen molar-refractivity contribution in [1.82, 2.24) is 9.97 Å². The van der Waals surface area contributed by atoms with Crippen LogP contribution in [0.3, 0.4) is 0 Å². The number of hydrogen-bond donors (Lipinski definition) is 1. The molecule has 2 aromatic rings. The number of amides is 1. The lowest BCUT2D eigenvalue weighted by atomic mass is 10.1. The van der Waals surface area contributed by atoms with E-state index in [1.807, 2.05) is 0 Å². The van der Waals surface area contributed by atoms with Crippen LogP contribution in [-0.4, -0.2) is 20.8 Å². The zero-order chi connectivity index (χ0) is 14.7. The molecular formula is C11H6Cl2N4O3. The fourth-order valence-corrected chi connectivity index (χ4v) is 1.87. The average Bonchev–Trinajstić information content (AvgIpc) is 2.38. The van der Waals surface area contributed by atoms with Crippen molar-refractivity contribution in [3.05, 3.63) is 56.4 Å². The molecular weight excluding hydrogens is 307 g/mol. The average molecular weight is 313 g/mol. The van der Waals surface area contributed by atoms with E-state index in [9.17, 15) is 14.9 Å². The normalized spacial score (nSPS) is 10.1. The maximum absolute atomic E-state index is 12.1. The Bertz CT molecular complexity index is 693. The Morgan fingerprint density at radius 1 is 1.30 bits per heavy atom. The minimum atomic E-state index is -0.753. The van der Waals surface area contributed by atoms with Crippen molar-refractivity contribution < 1.29 is 9.72 Å². The molecule has 0 unspecified atom stereocenters. The van der Waals surface area contributed by atoms with E-state index in [1.165, 1.54) is 24.3 Å². The number of benzene rings is 1. The first-order valence-electron chi connectivity index (χ1n) is 5.21. The van der Waals surface area contributed by atoms with Gasteiger partial charge >= 0.3 is 0 Å². The zero-order valence-electron chi connectivity index (χ0n) is 9.71. The molecule has 0 saturated heterocycles. The lowest BCUT2D eigenvalue weighted by molar-refractivity contribution is -0.385. The molecule has 1 aromatic heterocycles. The van der Waals surface area contributed by atoms with Gasteiger partial charge in [0.2, 0.25) is 0 Å². The molecule has 0 spiro atoms. The third-order valence-electron chi connectivity index (χ3n) is 2.29. The molecule has 0 aliphatic heterocycles. The quantitative estimate of drug-likeness (QED) is 0.533. The van der Waals surface area contributed by atoms with Crippen molar-refractivity contribution in [2.24, 2.45) is 0 Å². The number of anilines is 1. The van der Waals surface area contributed by atoms with Crippen molar-refractivity contribution >= 4 is 40.6 Å². The third-order valence-corrected chi connectivity index (χ3v) is 2.81. The number of nitrogens with zero attached hydrogens (tertiary/aromatic N) is 3. The lowest BCUT2D eigenvalue weighted by Crippen LogP contribution is -2.15. The van der Waals surface area contributed by atoms with Crippen LogP contribution in [0.5, 0.6) is 0 Å². The van der Waals surface area contributed by atoms with Gasteiger partial charge in [0.1, 0.15) is 22.9 Å². The molecule has 2 rings (SSSR count). The number of hydrogen-bond acceptors (Lipinski definition) is 5. The predicted molar refractivity (Wildman–Crippen MR) is 73.1 cm³/mol. The van der Waals surface area contributed by atoms with E-state index in [2.05, 4.69) is 15.3 Å². The van der Waals surface area contributed by atoms with Crippen LogP contribution in [0.25, 0.3) is 0 Å². The van der Waals surface area contributed by atoms with Crippen LogP contribution < -0.4 is 5.32 Å². The largest absolute Gasteiger partial charge is 0.306 e. The van der Waals surface area contributed by atoms with E-state index < -0.39 is 16.5 Å². The number of carbonyl (C=O) groups is 1. The van der Waals surface area contributed by atoms with E-state index in [0.29, 0.717) is 0 Å². The maximum Gasteiger partial charge on any atom is 0.283 e. The van der Waals surface area contributed by atoms with Crippen LogP contribution in [0.4, 0.5) is 11.5 Å². The van der Waals surface area contributed by atoms with Gasteiger partial charge in [0.15, 0.2) is 0 Å². The van der Waals surface area contributed by atoms with Gasteiger partial charge in [-0.2, -0.15) is 0 Å². The Morgan fingerprint density at radius 3 is 2.70 bits per heavy atom. The number of nitrogens with one attached hydrogen (secondary N) is 1. The van der Waals surface area contributed by atoms with Gasteiger partial charge in [0, 0.05) is 12.1 Å². The van der Waals surface area contributed by atoms with Crippen molar-refractivity contribution in [2.45, 2.75) is 0 Å². The Kier molecular flexibility index (Phi) is 4.11. The van der Waals surface area contributed by atoms with Crippen molar-refractivity contribution in [3.8, 4) is 0 Å². The molecule has 20 heavy (non-hydrogen) atoms. The van der Waals surface area contributed by atoms with E-state index >= 15 is 0 Å². The summed E-state index contributed by atoms with van der Waals surface area (Å²) in [6, 6.07) is 5.27. The lowest BCUT2D eigenvalue weighted by Gasteiger charge is -2.06. The Balaban J connectivity index is 2.37. The molecule has 102 valence electrons. The minimum absolute atomic E-state index is 0.0307. The monoisotopic (exact) mass is 312 g/mol. The maximum atomic E-state index is 12.1. The second-order valence-corrected chi connectivity index (χ2v) is 4.37. The van der Waals surface area contributed by atoms with Crippen molar-refractivity contribution in [1.29, 1.82) is 0 Å². The van der Waals surface area contributed by atoms with Gasteiger partial charge in [-0.05, 0) is 6.07 Å². The molecule has 9 heteroatoms. The summed E-state index contributed by atoms with van der Waals surface area (Å²) in [6.45, 7) is 0. The van der Waals surface area contributed by atoms with Crippen LogP contribution in [0.2, 0.25) is 10.2 Å². The van der Waals surface area contributed by atoms with Crippen molar-refractivity contribution in [3.63, 3.8) is 0 Å². The molecule has 0 aliphatic carbocycles. The molecule has 1 heterocycles. The molecule has 1 amide bonds. The molecule has 0 bridgehead atoms. The summed E-state index contributed by atoms with van der Waals surface area (Å²) < 4.78 is 0. The predicted octanol–water partition coefficient (Wildman–Crippen LogP) is 2.94. The second kappa shape index (κ2) is 5.81. The molecule has 0 fully saturated rings. The molecule has 1 aromatic carbocycles. The van der Waals surface area contributed by atoms with Crippen LogP contribution >= 0.6 is 23.2 Å². The van der Waals surface area contributed by atoms with E-state index in [1.54, 1.807) is 0 Å². The first kappa shape index (κ1) is 14.2. The van der Waals surface area contributed by atoms with Gasteiger partial charge in [-0.1, -0.05) is 29.3 Å². The van der Waals surface area contributed by atoms with Crippen LogP contribution in [0.1, 0.15) is 10.4 Å². The fraction of sp³-hybridized carbons (Fsp3) is 0. The van der Waals surface area contributed by atoms with Gasteiger partial charge in [-0.3, -0.25) is 14.9 Å². The first-order chi connectivity index (χ1) is 9.49. The summed E-state index contributed by atoms with van der Waals surface area (Å²) in [4.78, 5) is 29.7. The number of rotatable bonds is 3. The topological polar surface area (TPSA) is 98.0 Å². The summed E-state index contributed by atoms with van der Waals surface area (Å²) in [5.74, 6) is -0.638. The molecule has 1 N–H and O–H groups in total.